The van der Waals surface area contributed by atoms with Crippen molar-refractivity contribution >= 4 is 11.6 Å². The third-order valence-corrected chi connectivity index (χ3v) is 2.65. The summed E-state index contributed by atoms with van der Waals surface area (Å²) in [6.07, 6.45) is 0.520. The maximum Gasteiger partial charge on any atom is 0.253 e. The van der Waals surface area contributed by atoms with Gasteiger partial charge in [0.05, 0.1) is 11.2 Å². The normalized spacial score (nSPS) is 14.1. The van der Waals surface area contributed by atoms with E-state index in [1.807, 2.05) is 6.92 Å². The highest BCUT2D eigenvalue weighted by atomic mass is 19.1. The van der Waals surface area contributed by atoms with Crippen molar-refractivity contribution in [3.05, 3.63) is 29.6 Å². The van der Waals surface area contributed by atoms with Crippen LogP contribution in [0.5, 0.6) is 0 Å². The zero-order valence-electron chi connectivity index (χ0n) is 9.96. The molecule has 0 heterocycles. The van der Waals surface area contributed by atoms with Gasteiger partial charge in [0.2, 0.25) is 0 Å². The van der Waals surface area contributed by atoms with Gasteiger partial charge in [-0.2, -0.15) is 0 Å². The highest BCUT2D eigenvalue weighted by Crippen LogP contribution is 2.14. The summed E-state index contributed by atoms with van der Waals surface area (Å²) in [7, 11) is 0. The first-order chi connectivity index (χ1) is 7.85. The molecule has 1 aromatic carbocycles. The number of hydrogen-bond donors (Lipinski definition) is 3. The summed E-state index contributed by atoms with van der Waals surface area (Å²) >= 11 is 0. The van der Waals surface area contributed by atoms with E-state index in [-0.39, 0.29) is 17.8 Å². The molecule has 94 valence electrons. The Hall–Kier alpha value is -1.62. The fourth-order valence-electron chi connectivity index (χ4n) is 1.23. The van der Waals surface area contributed by atoms with Crippen molar-refractivity contribution in [1.82, 2.24) is 5.32 Å². The van der Waals surface area contributed by atoms with Crippen molar-refractivity contribution in [3.8, 4) is 0 Å². The lowest BCUT2D eigenvalue weighted by molar-refractivity contribution is 0.0518. The van der Waals surface area contributed by atoms with Crippen LogP contribution in [0.2, 0.25) is 0 Å². The predicted molar refractivity (Wildman–Crippen MR) is 64.1 cm³/mol. The maximum absolute atomic E-state index is 12.8. The lowest BCUT2D eigenvalue weighted by Gasteiger charge is -2.21. The van der Waals surface area contributed by atoms with Gasteiger partial charge in [-0.3, -0.25) is 4.79 Å². The van der Waals surface area contributed by atoms with E-state index in [4.69, 9.17) is 5.73 Å². The molecular formula is C12H17FN2O2. The molecule has 1 atom stereocenters. The van der Waals surface area contributed by atoms with Crippen LogP contribution in [0.15, 0.2) is 18.2 Å². The number of benzene rings is 1. The van der Waals surface area contributed by atoms with Crippen LogP contribution in [0.1, 0.15) is 30.6 Å². The van der Waals surface area contributed by atoms with Crippen LogP contribution >= 0.6 is 0 Å². The zero-order chi connectivity index (χ0) is 13.1. The van der Waals surface area contributed by atoms with E-state index in [0.29, 0.717) is 6.42 Å². The Kier molecular flexibility index (Phi) is 4.07. The van der Waals surface area contributed by atoms with E-state index < -0.39 is 17.3 Å². The van der Waals surface area contributed by atoms with Crippen molar-refractivity contribution in [2.75, 3.05) is 12.3 Å². The van der Waals surface area contributed by atoms with Crippen LogP contribution in [0, 0.1) is 5.82 Å². The van der Waals surface area contributed by atoms with Crippen LogP contribution in [-0.2, 0) is 0 Å². The maximum atomic E-state index is 12.8. The van der Waals surface area contributed by atoms with E-state index >= 15 is 0 Å². The van der Waals surface area contributed by atoms with Gasteiger partial charge in [-0.05, 0) is 31.5 Å². The van der Waals surface area contributed by atoms with Crippen LogP contribution in [0.4, 0.5) is 10.1 Å². The largest absolute Gasteiger partial charge is 0.398 e. The van der Waals surface area contributed by atoms with E-state index in [1.54, 1.807) is 6.92 Å². The number of nitrogen functional groups attached to an aromatic ring is 1. The number of carbonyl (C=O) groups excluding carboxylic acids is 1. The molecule has 17 heavy (non-hydrogen) atoms. The average Bonchev–Trinajstić information content (AvgIpc) is 2.26. The van der Waals surface area contributed by atoms with Crippen molar-refractivity contribution < 1.29 is 14.3 Å². The van der Waals surface area contributed by atoms with E-state index in [9.17, 15) is 14.3 Å². The molecule has 0 radical (unpaired) electrons. The number of hydrogen-bond acceptors (Lipinski definition) is 3. The first kappa shape index (κ1) is 13.4. The molecule has 0 bridgehead atoms. The molecule has 0 aliphatic carbocycles. The quantitative estimate of drug-likeness (QED) is 0.694. The summed E-state index contributed by atoms with van der Waals surface area (Å²) in [5.74, 6) is -0.907. The fraction of sp³-hybridized carbons (Fsp3) is 0.417. The Morgan fingerprint density at radius 1 is 1.59 bits per heavy atom. The topological polar surface area (TPSA) is 75.3 Å². The van der Waals surface area contributed by atoms with E-state index in [0.717, 1.165) is 6.07 Å². The Morgan fingerprint density at radius 2 is 2.24 bits per heavy atom. The Bertz CT molecular complexity index is 419. The summed E-state index contributed by atoms with van der Waals surface area (Å²) in [4.78, 5) is 11.7. The molecule has 0 aliphatic heterocycles. The third kappa shape index (κ3) is 3.71. The van der Waals surface area contributed by atoms with Gasteiger partial charge < -0.3 is 16.2 Å². The molecule has 0 aliphatic rings. The summed E-state index contributed by atoms with van der Waals surface area (Å²) in [6, 6.07) is 3.58. The summed E-state index contributed by atoms with van der Waals surface area (Å²) in [5.41, 5.74) is 4.87. The molecule has 0 saturated carbocycles. The Morgan fingerprint density at radius 3 is 2.76 bits per heavy atom. The van der Waals surface area contributed by atoms with Crippen LogP contribution < -0.4 is 11.1 Å². The standard InChI is InChI=1S/C12H17FN2O2/c1-3-12(2,17)7-15-11(16)9-5-4-8(13)6-10(9)14/h4-6,17H,3,7,14H2,1-2H3,(H,15,16). The highest BCUT2D eigenvalue weighted by Gasteiger charge is 2.19. The minimum atomic E-state index is -0.954. The summed E-state index contributed by atoms with van der Waals surface area (Å²) in [5, 5.41) is 12.3. The molecular weight excluding hydrogens is 223 g/mol. The first-order valence-corrected chi connectivity index (χ1v) is 5.41. The molecule has 1 aromatic rings. The van der Waals surface area contributed by atoms with E-state index in [2.05, 4.69) is 5.32 Å². The second-order valence-electron chi connectivity index (χ2n) is 4.26. The van der Waals surface area contributed by atoms with Crippen LogP contribution in [-0.4, -0.2) is 23.2 Å². The zero-order valence-corrected chi connectivity index (χ0v) is 9.96. The van der Waals surface area contributed by atoms with Gasteiger partial charge in [0, 0.05) is 12.2 Å². The lowest BCUT2D eigenvalue weighted by atomic mass is 10.0. The van der Waals surface area contributed by atoms with Gasteiger partial charge in [-0.25, -0.2) is 4.39 Å². The van der Waals surface area contributed by atoms with Gasteiger partial charge in [-0.1, -0.05) is 6.92 Å². The Balaban J connectivity index is 2.71. The second kappa shape index (κ2) is 5.14. The van der Waals surface area contributed by atoms with Gasteiger partial charge >= 0.3 is 0 Å². The summed E-state index contributed by atoms with van der Waals surface area (Å²) in [6.45, 7) is 3.57. The minimum absolute atomic E-state index is 0.0821. The SMILES string of the molecule is CCC(C)(O)CNC(=O)c1ccc(F)cc1N. The third-order valence-electron chi connectivity index (χ3n) is 2.65. The molecule has 4 N–H and O–H groups in total. The molecule has 1 unspecified atom stereocenters. The molecule has 0 aromatic heterocycles. The molecule has 1 amide bonds. The number of halogens is 1. The number of rotatable bonds is 4. The van der Waals surface area contributed by atoms with Crippen molar-refractivity contribution in [2.45, 2.75) is 25.9 Å². The second-order valence-corrected chi connectivity index (χ2v) is 4.26. The highest BCUT2D eigenvalue weighted by molar-refractivity contribution is 5.99. The number of aliphatic hydroxyl groups is 1. The van der Waals surface area contributed by atoms with Gasteiger partial charge in [-0.15, -0.1) is 0 Å². The number of carbonyl (C=O) groups is 1. The molecule has 1 rings (SSSR count). The first-order valence-electron chi connectivity index (χ1n) is 5.41. The van der Waals surface area contributed by atoms with Gasteiger partial charge in [0.1, 0.15) is 5.82 Å². The molecule has 0 saturated heterocycles. The van der Waals surface area contributed by atoms with Gasteiger partial charge in [0.25, 0.3) is 5.91 Å². The van der Waals surface area contributed by atoms with Crippen molar-refractivity contribution in [2.24, 2.45) is 0 Å². The predicted octanol–water partition coefficient (Wildman–Crippen LogP) is 1.30. The molecule has 5 heteroatoms. The average molecular weight is 240 g/mol. The minimum Gasteiger partial charge on any atom is -0.398 e. The molecule has 0 fully saturated rings. The van der Waals surface area contributed by atoms with Crippen LogP contribution in [0.25, 0.3) is 0 Å². The Labute approximate surface area is 99.6 Å². The van der Waals surface area contributed by atoms with Crippen molar-refractivity contribution in [1.29, 1.82) is 0 Å². The van der Waals surface area contributed by atoms with Crippen LogP contribution in [0.3, 0.4) is 0 Å². The number of amides is 1. The fourth-order valence-corrected chi connectivity index (χ4v) is 1.23. The smallest absolute Gasteiger partial charge is 0.253 e. The number of nitrogens with two attached hydrogens (primary N) is 1. The monoisotopic (exact) mass is 240 g/mol. The number of anilines is 1. The lowest BCUT2D eigenvalue weighted by Crippen LogP contribution is -2.40. The molecule has 0 spiro atoms. The van der Waals surface area contributed by atoms with Crippen molar-refractivity contribution in [3.63, 3.8) is 0 Å². The van der Waals surface area contributed by atoms with Gasteiger partial charge in [0.15, 0.2) is 0 Å². The van der Waals surface area contributed by atoms with E-state index in [1.165, 1.54) is 12.1 Å². The molecule has 4 nitrogen and oxygen atoms in total. The number of nitrogens with one attached hydrogen (secondary N) is 1. The summed E-state index contributed by atoms with van der Waals surface area (Å²) < 4.78 is 12.8.